The highest BCUT2D eigenvalue weighted by atomic mass is 28.4. The summed E-state index contributed by atoms with van der Waals surface area (Å²) >= 11 is 0. The van der Waals surface area contributed by atoms with Crippen LogP contribution in [0.1, 0.15) is 38.3 Å². The van der Waals surface area contributed by atoms with Gasteiger partial charge in [-0.1, -0.05) is 39.0 Å². The van der Waals surface area contributed by atoms with E-state index in [0.29, 0.717) is 18.2 Å². The number of hydrogen-bond acceptors (Lipinski definition) is 7. The van der Waals surface area contributed by atoms with Gasteiger partial charge in [-0.05, 0) is 42.1 Å². The van der Waals surface area contributed by atoms with Gasteiger partial charge >= 0.3 is 14.5 Å². The van der Waals surface area contributed by atoms with Crippen LogP contribution in [0.25, 0.3) is 16.7 Å². The quantitative estimate of drug-likeness (QED) is 0.368. The fourth-order valence-corrected chi connectivity index (χ4v) is 4.52. The second kappa shape index (κ2) is 10.0. The fourth-order valence-electron chi connectivity index (χ4n) is 3.47. The van der Waals surface area contributed by atoms with E-state index in [4.69, 9.17) is 13.6 Å². The molecule has 9 heteroatoms. The summed E-state index contributed by atoms with van der Waals surface area (Å²) in [5.41, 5.74) is 3.34. The fraction of sp³-hybridized carbons (Fsp3) is 0.458. The smallest absolute Gasteiger partial charge is 0.337 e. The monoisotopic (exact) mass is 471 g/mol. The molecule has 3 rings (SSSR count). The summed E-state index contributed by atoms with van der Waals surface area (Å²) in [6.45, 7) is 8.29. The first kappa shape index (κ1) is 24.9. The molecule has 0 amide bonds. The van der Waals surface area contributed by atoms with E-state index in [1.165, 1.54) is 4.80 Å². The Morgan fingerprint density at radius 1 is 1.09 bits per heavy atom. The molecule has 1 heterocycles. The number of aromatic nitrogens is 3. The minimum atomic E-state index is -2.27. The average molecular weight is 472 g/mol. The van der Waals surface area contributed by atoms with Crippen molar-refractivity contribution in [1.82, 2.24) is 15.0 Å². The number of phenolic OH excluding ortho intramolecular Hbond substituents is 1. The number of fused-ring (bicyclic) bond motifs is 1. The third kappa shape index (κ3) is 5.98. The number of esters is 1. The van der Waals surface area contributed by atoms with Crippen molar-refractivity contribution < 1.29 is 23.5 Å². The minimum absolute atomic E-state index is 0.137. The molecule has 0 atom stereocenters. The Balaban J connectivity index is 1.79. The molecule has 0 bridgehead atoms. The summed E-state index contributed by atoms with van der Waals surface area (Å²) in [6, 6.07) is 11.9. The molecule has 33 heavy (non-hydrogen) atoms. The van der Waals surface area contributed by atoms with E-state index in [9.17, 15) is 9.90 Å². The number of nitrogens with zero attached hydrogens (tertiary/aromatic N) is 3. The number of ether oxygens (including phenoxy) is 1. The van der Waals surface area contributed by atoms with Gasteiger partial charge in [0.25, 0.3) is 0 Å². The molecule has 2 aromatic carbocycles. The standard InChI is InChI=1S/C24H33N3O5Si/c1-24(2,3)18-15-17(11-12-22(28)32-13-14-33(6,30-4)31-5)16-21(23(18)29)27-25-19-9-7-8-10-20(19)26-27/h7-10,15-16,29H,11-14H2,1-6H3. The highest BCUT2D eigenvalue weighted by molar-refractivity contribution is 6.66. The topological polar surface area (TPSA) is 95.7 Å². The van der Waals surface area contributed by atoms with Gasteiger partial charge in [0.2, 0.25) is 0 Å². The van der Waals surface area contributed by atoms with Crippen molar-refractivity contribution in [1.29, 1.82) is 0 Å². The Morgan fingerprint density at radius 3 is 2.24 bits per heavy atom. The van der Waals surface area contributed by atoms with E-state index >= 15 is 0 Å². The maximum Gasteiger partial charge on any atom is 0.337 e. The number of aromatic hydroxyl groups is 1. The molecule has 0 fully saturated rings. The zero-order valence-electron chi connectivity index (χ0n) is 20.2. The van der Waals surface area contributed by atoms with E-state index < -0.39 is 8.56 Å². The lowest BCUT2D eigenvalue weighted by molar-refractivity contribution is -0.143. The molecule has 0 saturated heterocycles. The maximum absolute atomic E-state index is 12.3. The number of carbonyl (C=O) groups excluding carboxylic acids is 1. The zero-order valence-corrected chi connectivity index (χ0v) is 21.2. The van der Waals surface area contributed by atoms with Gasteiger partial charge in [-0.2, -0.15) is 0 Å². The molecule has 0 saturated carbocycles. The lowest BCUT2D eigenvalue weighted by Gasteiger charge is -2.23. The number of aryl methyl sites for hydroxylation is 1. The van der Waals surface area contributed by atoms with Gasteiger partial charge in [0, 0.05) is 32.2 Å². The number of carbonyl (C=O) groups is 1. The van der Waals surface area contributed by atoms with Gasteiger partial charge in [0.15, 0.2) is 0 Å². The third-order valence-electron chi connectivity index (χ3n) is 5.76. The van der Waals surface area contributed by atoms with Gasteiger partial charge in [-0.3, -0.25) is 4.79 Å². The van der Waals surface area contributed by atoms with Gasteiger partial charge in [0.05, 0.1) is 6.61 Å². The van der Waals surface area contributed by atoms with Gasteiger partial charge in [-0.15, -0.1) is 15.0 Å². The molecule has 3 aromatic rings. The molecule has 0 radical (unpaired) electrons. The lowest BCUT2D eigenvalue weighted by atomic mass is 9.84. The first-order chi connectivity index (χ1) is 15.6. The molecule has 178 valence electrons. The molecule has 0 aliphatic heterocycles. The number of hydrogen-bond donors (Lipinski definition) is 1. The predicted octanol–water partition coefficient (Wildman–Crippen LogP) is 4.26. The molecule has 1 N–H and O–H groups in total. The van der Waals surface area contributed by atoms with Gasteiger partial charge in [0.1, 0.15) is 22.5 Å². The van der Waals surface area contributed by atoms with E-state index in [-0.39, 0.29) is 30.2 Å². The van der Waals surface area contributed by atoms with E-state index in [1.807, 2.05) is 63.7 Å². The molecule has 0 aliphatic rings. The predicted molar refractivity (Wildman–Crippen MR) is 129 cm³/mol. The van der Waals surface area contributed by atoms with Crippen molar-refractivity contribution in [3.8, 4) is 11.4 Å². The van der Waals surface area contributed by atoms with E-state index in [0.717, 1.165) is 22.2 Å². The van der Waals surface area contributed by atoms with Crippen molar-refractivity contribution >= 4 is 25.6 Å². The van der Waals surface area contributed by atoms with Crippen LogP contribution in [-0.2, 0) is 30.2 Å². The number of phenols is 1. The second-order valence-electron chi connectivity index (χ2n) is 9.25. The second-order valence-corrected chi connectivity index (χ2v) is 12.8. The Kier molecular flexibility index (Phi) is 7.56. The largest absolute Gasteiger partial charge is 0.505 e. The summed E-state index contributed by atoms with van der Waals surface area (Å²) in [4.78, 5) is 13.8. The zero-order chi connectivity index (χ0) is 24.2. The van der Waals surface area contributed by atoms with E-state index in [1.54, 1.807) is 14.2 Å². The van der Waals surface area contributed by atoms with Crippen molar-refractivity contribution in [3.05, 3.63) is 47.5 Å². The average Bonchev–Trinajstić information content (AvgIpc) is 3.21. The minimum Gasteiger partial charge on any atom is -0.505 e. The molecule has 8 nitrogen and oxygen atoms in total. The summed E-state index contributed by atoms with van der Waals surface area (Å²) in [7, 11) is 0.964. The lowest BCUT2D eigenvalue weighted by Crippen LogP contribution is -2.37. The summed E-state index contributed by atoms with van der Waals surface area (Å²) < 4.78 is 16.2. The van der Waals surface area contributed by atoms with Crippen LogP contribution in [0.5, 0.6) is 5.75 Å². The molecular formula is C24H33N3O5Si. The Morgan fingerprint density at radius 2 is 1.70 bits per heavy atom. The highest BCUT2D eigenvalue weighted by Crippen LogP contribution is 2.36. The van der Waals surface area contributed by atoms with Crippen LogP contribution in [0.4, 0.5) is 0 Å². The molecule has 0 unspecified atom stereocenters. The third-order valence-corrected chi connectivity index (χ3v) is 8.60. The molecule has 0 aliphatic carbocycles. The Hall–Kier alpha value is -2.75. The van der Waals surface area contributed by atoms with Crippen LogP contribution >= 0.6 is 0 Å². The summed E-state index contributed by atoms with van der Waals surface area (Å²) in [5.74, 6) is -0.147. The Labute approximate surface area is 195 Å². The van der Waals surface area contributed by atoms with Crippen LogP contribution < -0.4 is 0 Å². The van der Waals surface area contributed by atoms with Crippen molar-refractivity contribution in [2.45, 2.75) is 51.6 Å². The molecular weight excluding hydrogens is 438 g/mol. The van der Waals surface area contributed by atoms with Crippen LogP contribution in [0.3, 0.4) is 0 Å². The van der Waals surface area contributed by atoms with Crippen LogP contribution in [0, 0.1) is 0 Å². The normalized spacial score (nSPS) is 12.3. The summed E-state index contributed by atoms with van der Waals surface area (Å²) in [6.07, 6.45) is 0.694. The first-order valence-electron chi connectivity index (χ1n) is 11.0. The van der Waals surface area contributed by atoms with Gasteiger partial charge < -0.3 is 18.7 Å². The van der Waals surface area contributed by atoms with Crippen LogP contribution in [0.15, 0.2) is 36.4 Å². The van der Waals surface area contributed by atoms with Crippen molar-refractivity contribution in [3.63, 3.8) is 0 Å². The molecule has 0 spiro atoms. The van der Waals surface area contributed by atoms with Crippen molar-refractivity contribution in [2.24, 2.45) is 0 Å². The molecule has 1 aromatic heterocycles. The number of benzene rings is 2. The highest BCUT2D eigenvalue weighted by Gasteiger charge is 2.29. The SMILES string of the molecule is CO[Si](C)(CCOC(=O)CCc1cc(-n2nc3ccccc3n2)c(O)c(C(C)(C)C)c1)OC. The van der Waals surface area contributed by atoms with Crippen LogP contribution in [0.2, 0.25) is 12.6 Å². The maximum atomic E-state index is 12.3. The Bertz CT molecular complexity index is 1090. The van der Waals surface area contributed by atoms with Crippen LogP contribution in [-0.4, -0.2) is 55.5 Å². The number of rotatable bonds is 9. The van der Waals surface area contributed by atoms with Gasteiger partial charge in [-0.25, -0.2) is 0 Å². The first-order valence-corrected chi connectivity index (χ1v) is 13.5. The van der Waals surface area contributed by atoms with E-state index in [2.05, 4.69) is 10.2 Å². The van der Waals surface area contributed by atoms with Crippen molar-refractivity contribution in [2.75, 3.05) is 20.8 Å². The summed E-state index contributed by atoms with van der Waals surface area (Å²) in [5, 5.41) is 20.1.